The van der Waals surface area contributed by atoms with E-state index in [-0.39, 0.29) is 0 Å². The van der Waals surface area contributed by atoms with E-state index in [9.17, 15) is 0 Å². The number of anilines is 1. The van der Waals surface area contributed by atoms with Gasteiger partial charge >= 0.3 is 0 Å². The second-order valence-corrected chi connectivity index (χ2v) is 4.90. The maximum absolute atomic E-state index is 8.93. The molecular weight excluding hydrogens is 234 g/mol. The molecule has 0 aromatic carbocycles. The highest BCUT2D eigenvalue weighted by Gasteiger charge is 2.20. The van der Waals surface area contributed by atoms with Crippen LogP contribution in [0.4, 0.5) is 5.82 Å². The van der Waals surface area contributed by atoms with E-state index in [0.29, 0.717) is 10.7 Å². The predicted molar refractivity (Wildman–Crippen MR) is 69.2 cm³/mol. The fourth-order valence-corrected chi connectivity index (χ4v) is 2.52. The third-order valence-electron chi connectivity index (χ3n) is 3.33. The second-order valence-electron chi connectivity index (χ2n) is 4.51. The average molecular weight is 250 g/mol. The van der Waals surface area contributed by atoms with E-state index >= 15 is 0 Å². The number of nitrogens with zero attached hydrogens (tertiary/aromatic N) is 3. The van der Waals surface area contributed by atoms with Crippen molar-refractivity contribution in [1.82, 2.24) is 4.98 Å². The van der Waals surface area contributed by atoms with Gasteiger partial charge in [0.05, 0.1) is 11.6 Å². The summed E-state index contributed by atoms with van der Waals surface area (Å²) in [5, 5.41) is 9.33. The van der Waals surface area contributed by atoms with E-state index in [0.717, 1.165) is 24.8 Å². The Morgan fingerprint density at radius 1 is 1.59 bits per heavy atom. The van der Waals surface area contributed by atoms with Crippen molar-refractivity contribution in [3.8, 4) is 6.07 Å². The van der Waals surface area contributed by atoms with Crippen LogP contribution in [0.15, 0.2) is 12.1 Å². The number of halogens is 1. The van der Waals surface area contributed by atoms with Crippen LogP contribution in [0.2, 0.25) is 5.15 Å². The summed E-state index contributed by atoms with van der Waals surface area (Å²) in [5.41, 5.74) is 0.582. The van der Waals surface area contributed by atoms with Gasteiger partial charge in [-0.2, -0.15) is 5.26 Å². The Morgan fingerprint density at radius 3 is 3.12 bits per heavy atom. The van der Waals surface area contributed by atoms with E-state index in [1.807, 2.05) is 6.07 Å². The third-order valence-corrected chi connectivity index (χ3v) is 3.52. The molecule has 17 heavy (non-hydrogen) atoms. The summed E-state index contributed by atoms with van der Waals surface area (Å²) in [6, 6.07) is 5.55. The van der Waals surface area contributed by atoms with Crippen molar-refractivity contribution in [3.63, 3.8) is 0 Å². The van der Waals surface area contributed by atoms with Gasteiger partial charge in [-0.3, -0.25) is 0 Å². The molecule has 0 spiro atoms. The van der Waals surface area contributed by atoms with Crippen molar-refractivity contribution in [2.45, 2.75) is 26.2 Å². The lowest BCUT2D eigenvalue weighted by Gasteiger charge is -2.33. The van der Waals surface area contributed by atoms with Crippen LogP contribution < -0.4 is 4.90 Å². The fourth-order valence-electron chi connectivity index (χ4n) is 2.32. The Morgan fingerprint density at radius 2 is 2.41 bits per heavy atom. The van der Waals surface area contributed by atoms with Gasteiger partial charge < -0.3 is 4.90 Å². The second kappa shape index (κ2) is 5.37. The quantitative estimate of drug-likeness (QED) is 0.756. The molecule has 0 aliphatic carbocycles. The maximum Gasteiger partial charge on any atom is 0.132 e. The summed E-state index contributed by atoms with van der Waals surface area (Å²) >= 11 is 5.93. The molecular formula is C13H16ClN3. The normalized spacial score (nSPS) is 20.1. The summed E-state index contributed by atoms with van der Waals surface area (Å²) in [4.78, 5) is 6.55. The summed E-state index contributed by atoms with van der Waals surface area (Å²) in [6.45, 7) is 4.25. The van der Waals surface area contributed by atoms with Gasteiger partial charge in [-0.05, 0) is 30.9 Å². The summed E-state index contributed by atoms with van der Waals surface area (Å²) in [6.07, 6.45) is 3.68. The maximum atomic E-state index is 8.93. The van der Waals surface area contributed by atoms with Gasteiger partial charge in [-0.25, -0.2) is 4.98 Å². The minimum atomic E-state index is 0.401. The molecule has 2 rings (SSSR count). The molecule has 0 radical (unpaired) electrons. The van der Waals surface area contributed by atoms with Gasteiger partial charge in [-0.15, -0.1) is 0 Å². The van der Waals surface area contributed by atoms with E-state index < -0.39 is 0 Å². The van der Waals surface area contributed by atoms with Crippen molar-refractivity contribution in [2.75, 3.05) is 18.0 Å². The Hall–Kier alpha value is -1.27. The molecule has 1 aromatic heterocycles. The van der Waals surface area contributed by atoms with Gasteiger partial charge in [0, 0.05) is 13.1 Å². The molecule has 2 heterocycles. The van der Waals surface area contributed by atoms with E-state index in [1.54, 1.807) is 6.07 Å². The van der Waals surface area contributed by atoms with Crippen LogP contribution in [0.1, 0.15) is 31.7 Å². The lowest BCUT2D eigenvalue weighted by molar-refractivity contribution is 0.403. The van der Waals surface area contributed by atoms with Crippen LogP contribution >= 0.6 is 11.6 Å². The number of piperidine rings is 1. The molecule has 1 saturated heterocycles. The Balaban J connectivity index is 2.21. The minimum Gasteiger partial charge on any atom is -0.356 e. The molecule has 0 saturated carbocycles. The summed E-state index contributed by atoms with van der Waals surface area (Å²) in [7, 11) is 0. The number of rotatable bonds is 2. The monoisotopic (exact) mass is 249 g/mol. The average Bonchev–Trinajstić information content (AvgIpc) is 2.38. The highest BCUT2D eigenvalue weighted by molar-refractivity contribution is 6.29. The molecule has 4 heteroatoms. The first-order valence-corrected chi connectivity index (χ1v) is 6.43. The predicted octanol–water partition coefficient (Wildman–Crippen LogP) is 3.23. The molecule has 0 N–H and O–H groups in total. The van der Waals surface area contributed by atoms with Crippen LogP contribution in [-0.2, 0) is 0 Å². The van der Waals surface area contributed by atoms with Crippen molar-refractivity contribution in [1.29, 1.82) is 5.26 Å². The zero-order valence-electron chi connectivity index (χ0n) is 9.99. The van der Waals surface area contributed by atoms with Crippen molar-refractivity contribution in [2.24, 2.45) is 5.92 Å². The first-order valence-electron chi connectivity index (χ1n) is 6.05. The van der Waals surface area contributed by atoms with Crippen LogP contribution in [-0.4, -0.2) is 18.1 Å². The molecule has 1 atom stereocenters. The van der Waals surface area contributed by atoms with E-state index in [1.165, 1.54) is 19.3 Å². The largest absolute Gasteiger partial charge is 0.356 e. The van der Waals surface area contributed by atoms with Crippen LogP contribution in [0.25, 0.3) is 0 Å². The van der Waals surface area contributed by atoms with Gasteiger partial charge in [-0.1, -0.05) is 24.9 Å². The van der Waals surface area contributed by atoms with Crippen LogP contribution in [0, 0.1) is 17.2 Å². The molecule has 1 aliphatic heterocycles. The van der Waals surface area contributed by atoms with Crippen molar-refractivity contribution in [3.05, 3.63) is 22.8 Å². The zero-order chi connectivity index (χ0) is 12.3. The Bertz CT molecular complexity index is 439. The van der Waals surface area contributed by atoms with Crippen molar-refractivity contribution >= 4 is 17.4 Å². The molecule has 1 unspecified atom stereocenters. The summed E-state index contributed by atoms with van der Waals surface area (Å²) in [5.74, 6) is 1.57. The van der Waals surface area contributed by atoms with E-state index in [4.69, 9.17) is 16.9 Å². The smallest absolute Gasteiger partial charge is 0.132 e. The first-order chi connectivity index (χ1) is 8.22. The lowest BCUT2D eigenvalue weighted by Crippen LogP contribution is -2.35. The molecule has 1 aliphatic rings. The first kappa shape index (κ1) is 12.2. The Kier molecular flexibility index (Phi) is 3.86. The number of hydrogen-bond donors (Lipinski definition) is 0. The lowest BCUT2D eigenvalue weighted by atomic mass is 9.95. The number of aromatic nitrogens is 1. The summed E-state index contributed by atoms with van der Waals surface area (Å²) < 4.78 is 0. The standard InChI is InChI=1S/C13H16ClN3/c1-2-10-4-3-5-17(9-10)13-7-11(8-15)6-12(14)16-13/h6-7,10H,2-5,9H2,1H3. The minimum absolute atomic E-state index is 0.401. The number of hydrogen-bond acceptors (Lipinski definition) is 3. The molecule has 0 bridgehead atoms. The Labute approximate surface area is 107 Å². The van der Waals surface area contributed by atoms with Crippen molar-refractivity contribution < 1.29 is 0 Å². The number of pyridine rings is 1. The number of nitriles is 1. The van der Waals surface area contributed by atoms with Gasteiger partial charge in [0.2, 0.25) is 0 Å². The molecule has 1 fully saturated rings. The van der Waals surface area contributed by atoms with Gasteiger partial charge in [0.1, 0.15) is 11.0 Å². The molecule has 1 aromatic rings. The van der Waals surface area contributed by atoms with Crippen LogP contribution in [0.3, 0.4) is 0 Å². The fraction of sp³-hybridized carbons (Fsp3) is 0.538. The van der Waals surface area contributed by atoms with E-state index in [2.05, 4.69) is 22.9 Å². The third kappa shape index (κ3) is 2.89. The molecule has 90 valence electrons. The van der Waals surface area contributed by atoms with Gasteiger partial charge in [0.25, 0.3) is 0 Å². The van der Waals surface area contributed by atoms with Crippen LogP contribution in [0.5, 0.6) is 0 Å². The SMILES string of the molecule is CCC1CCCN(c2cc(C#N)cc(Cl)n2)C1. The highest BCUT2D eigenvalue weighted by Crippen LogP contribution is 2.25. The van der Waals surface area contributed by atoms with Gasteiger partial charge in [0.15, 0.2) is 0 Å². The highest BCUT2D eigenvalue weighted by atomic mass is 35.5. The topological polar surface area (TPSA) is 39.9 Å². The molecule has 3 nitrogen and oxygen atoms in total. The zero-order valence-corrected chi connectivity index (χ0v) is 10.7. The molecule has 0 amide bonds.